The fourth-order valence-corrected chi connectivity index (χ4v) is 3.62. The van der Waals surface area contributed by atoms with Gasteiger partial charge in [0.25, 0.3) is 11.1 Å². The number of thioether (sulfide) groups is 1. The lowest BCUT2D eigenvalue weighted by atomic mass is 10.3. The number of hydrogen-bond acceptors (Lipinski definition) is 6. The Morgan fingerprint density at radius 1 is 1.00 bits per heavy atom. The predicted octanol–water partition coefficient (Wildman–Crippen LogP) is 1.97. The molecule has 1 aliphatic rings. The monoisotopic (exact) mass is 363 g/mol. The van der Waals surface area contributed by atoms with Crippen molar-refractivity contribution in [3.05, 3.63) is 54.6 Å². The van der Waals surface area contributed by atoms with Gasteiger partial charge in [0, 0.05) is 5.69 Å². The molecule has 0 bridgehead atoms. The molecule has 1 fully saturated rings. The molecule has 2 amide bonds. The highest BCUT2D eigenvalue weighted by atomic mass is 32.2. The maximum absolute atomic E-state index is 12.5. The molecule has 24 heavy (non-hydrogen) atoms. The van der Waals surface area contributed by atoms with E-state index in [2.05, 4.69) is 5.32 Å². The van der Waals surface area contributed by atoms with E-state index in [9.17, 15) is 18.0 Å². The van der Waals surface area contributed by atoms with E-state index in [1.807, 2.05) is 0 Å². The molecule has 3 rings (SSSR count). The summed E-state index contributed by atoms with van der Waals surface area (Å²) in [6, 6.07) is 14.3. The highest BCUT2D eigenvalue weighted by molar-refractivity contribution is 8.16. The first-order chi connectivity index (χ1) is 11.4. The lowest BCUT2D eigenvalue weighted by Crippen LogP contribution is -2.34. The van der Waals surface area contributed by atoms with Crippen LogP contribution in [0.25, 0.3) is 0 Å². The Hall–Kier alpha value is -2.36. The van der Waals surface area contributed by atoms with Crippen LogP contribution in [0.15, 0.2) is 59.5 Å². The molecule has 0 aromatic heterocycles. The Balaban J connectivity index is 1.77. The minimum absolute atomic E-state index is 0.0274. The molecule has 0 radical (unpaired) electrons. The molecular formula is C15H13N3O4S2. The minimum Gasteiger partial charge on any atom is -0.365 e. The number of amides is 2. The van der Waals surface area contributed by atoms with Crippen LogP contribution in [0, 0.1) is 0 Å². The number of anilines is 2. The van der Waals surface area contributed by atoms with Gasteiger partial charge in [-0.05, 0) is 48.2 Å². The molecule has 3 N–H and O–H groups in total. The van der Waals surface area contributed by atoms with Gasteiger partial charge in [0.05, 0.1) is 10.6 Å². The third-order valence-corrected chi connectivity index (χ3v) is 5.21. The first-order valence-corrected chi connectivity index (χ1v) is 9.28. The summed E-state index contributed by atoms with van der Waals surface area (Å²) >= 11 is 0.865. The Labute approximate surface area is 142 Å². The minimum atomic E-state index is -3.77. The first kappa shape index (κ1) is 16.5. The smallest absolute Gasteiger partial charge is 0.295 e. The van der Waals surface area contributed by atoms with Crippen molar-refractivity contribution in [3.63, 3.8) is 0 Å². The van der Waals surface area contributed by atoms with Crippen molar-refractivity contribution in [2.75, 3.05) is 10.2 Å². The van der Waals surface area contributed by atoms with Gasteiger partial charge in [0.1, 0.15) is 0 Å². The van der Waals surface area contributed by atoms with Crippen LogP contribution >= 0.6 is 11.8 Å². The summed E-state index contributed by atoms with van der Waals surface area (Å²) in [4.78, 5) is 25.6. The fraction of sp³-hybridized carbons (Fsp3) is 0.0667. The predicted molar refractivity (Wildman–Crippen MR) is 92.1 cm³/mol. The van der Waals surface area contributed by atoms with E-state index in [-0.39, 0.29) is 16.0 Å². The van der Waals surface area contributed by atoms with Gasteiger partial charge in [-0.1, -0.05) is 18.2 Å². The lowest BCUT2D eigenvalue weighted by Gasteiger charge is -2.14. The maximum atomic E-state index is 12.5. The van der Waals surface area contributed by atoms with Crippen molar-refractivity contribution in [2.24, 2.45) is 5.14 Å². The van der Waals surface area contributed by atoms with E-state index in [0.717, 1.165) is 16.7 Å². The molecule has 2 aromatic rings. The van der Waals surface area contributed by atoms with Crippen LogP contribution in [-0.2, 0) is 14.8 Å². The Kier molecular flexibility index (Phi) is 4.31. The van der Waals surface area contributed by atoms with Gasteiger partial charge in [0.2, 0.25) is 10.0 Å². The number of rotatable bonds is 4. The van der Waals surface area contributed by atoms with Crippen molar-refractivity contribution in [2.45, 2.75) is 10.3 Å². The van der Waals surface area contributed by atoms with Crippen molar-refractivity contribution < 1.29 is 18.0 Å². The Morgan fingerprint density at radius 3 is 2.21 bits per heavy atom. The van der Waals surface area contributed by atoms with E-state index in [4.69, 9.17) is 5.14 Å². The molecule has 1 saturated heterocycles. The number of carbonyl (C=O) groups excluding carboxylic acids is 2. The molecule has 0 spiro atoms. The van der Waals surface area contributed by atoms with Gasteiger partial charge in [0.15, 0.2) is 5.37 Å². The second-order valence-corrected chi connectivity index (χ2v) is 7.60. The summed E-state index contributed by atoms with van der Waals surface area (Å²) in [6.07, 6.45) is 0. The van der Waals surface area contributed by atoms with Crippen molar-refractivity contribution in [1.29, 1.82) is 0 Å². The third-order valence-electron chi connectivity index (χ3n) is 3.34. The molecule has 1 heterocycles. The van der Waals surface area contributed by atoms with Gasteiger partial charge < -0.3 is 5.32 Å². The van der Waals surface area contributed by atoms with Crippen LogP contribution < -0.4 is 15.4 Å². The second kappa shape index (κ2) is 6.27. The number of imide groups is 1. The van der Waals surface area contributed by atoms with Gasteiger partial charge in [-0.25, -0.2) is 18.5 Å². The second-order valence-electron chi connectivity index (χ2n) is 4.99. The van der Waals surface area contributed by atoms with Crippen LogP contribution in [0.2, 0.25) is 0 Å². The number of carbonyl (C=O) groups is 2. The average Bonchev–Trinajstić information content (AvgIpc) is 2.82. The molecule has 124 valence electrons. The van der Waals surface area contributed by atoms with E-state index >= 15 is 0 Å². The highest BCUT2D eigenvalue weighted by Crippen LogP contribution is 2.32. The number of nitrogens with zero attached hydrogens (tertiary/aromatic N) is 1. The van der Waals surface area contributed by atoms with Gasteiger partial charge in [-0.2, -0.15) is 0 Å². The molecule has 2 aromatic carbocycles. The van der Waals surface area contributed by atoms with E-state index in [1.54, 1.807) is 30.3 Å². The van der Waals surface area contributed by atoms with Crippen LogP contribution in [0.5, 0.6) is 0 Å². The van der Waals surface area contributed by atoms with E-state index in [1.165, 1.54) is 24.3 Å². The SMILES string of the molecule is NS(=O)(=O)c1ccc(NC2SC(=O)N(c3ccccc3)C2=O)cc1. The quantitative estimate of drug-likeness (QED) is 0.859. The Morgan fingerprint density at radius 2 is 1.62 bits per heavy atom. The largest absolute Gasteiger partial charge is 0.365 e. The number of para-hydroxylation sites is 1. The van der Waals surface area contributed by atoms with Gasteiger partial charge >= 0.3 is 0 Å². The van der Waals surface area contributed by atoms with Crippen molar-refractivity contribution in [3.8, 4) is 0 Å². The molecule has 7 nitrogen and oxygen atoms in total. The summed E-state index contributed by atoms with van der Waals surface area (Å²) < 4.78 is 22.5. The third kappa shape index (κ3) is 3.28. The number of hydrogen-bond donors (Lipinski definition) is 2. The summed E-state index contributed by atoms with van der Waals surface area (Å²) in [7, 11) is -3.77. The highest BCUT2D eigenvalue weighted by Gasteiger charge is 2.40. The van der Waals surface area contributed by atoms with Crippen LogP contribution in [0.4, 0.5) is 16.2 Å². The number of benzene rings is 2. The summed E-state index contributed by atoms with van der Waals surface area (Å²) in [5.41, 5.74) is 1.02. The summed E-state index contributed by atoms with van der Waals surface area (Å²) in [6.45, 7) is 0. The van der Waals surface area contributed by atoms with E-state index in [0.29, 0.717) is 11.4 Å². The zero-order valence-electron chi connectivity index (χ0n) is 12.2. The maximum Gasteiger partial charge on any atom is 0.295 e. The number of primary sulfonamides is 1. The average molecular weight is 363 g/mol. The molecule has 0 saturated carbocycles. The number of nitrogens with one attached hydrogen (secondary N) is 1. The molecule has 9 heteroatoms. The van der Waals surface area contributed by atoms with Crippen molar-refractivity contribution in [1.82, 2.24) is 0 Å². The summed E-state index contributed by atoms with van der Waals surface area (Å²) in [5.74, 6) is -0.383. The number of sulfonamides is 1. The van der Waals surface area contributed by atoms with Gasteiger partial charge in [-0.3, -0.25) is 9.59 Å². The van der Waals surface area contributed by atoms with Crippen LogP contribution in [-0.4, -0.2) is 24.9 Å². The number of nitrogens with two attached hydrogens (primary N) is 1. The zero-order chi connectivity index (χ0) is 17.3. The molecule has 0 aliphatic carbocycles. The first-order valence-electron chi connectivity index (χ1n) is 6.85. The lowest BCUT2D eigenvalue weighted by molar-refractivity contribution is -0.116. The topological polar surface area (TPSA) is 110 Å². The zero-order valence-corrected chi connectivity index (χ0v) is 13.9. The summed E-state index contributed by atoms with van der Waals surface area (Å²) in [5, 5.41) is 6.80. The van der Waals surface area contributed by atoms with E-state index < -0.39 is 15.4 Å². The van der Waals surface area contributed by atoms with Crippen LogP contribution in [0.3, 0.4) is 0 Å². The molecule has 1 aliphatic heterocycles. The Bertz CT molecular complexity index is 883. The molecule has 1 unspecified atom stereocenters. The standard InChI is InChI=1S/C15H13N3O4S2/c16-24(21,22)12-8-6-10(7-9-12)17-13-14(19)18(15(20)23-13)11-4-2-1-3-5-11/h1-9,13,17H,(H2,16,21,22). The molecule has 1 atom stereocenters. The van der Waals surface area contributed by atoms with Crippen LogP contribution in [0.1, 0.15) is 0 Å². The normalized spacial score (nSPS) is 18.0. The molecular weight excluding hydrogens is 350 g/mol. The van der Waals surface area contributed by atoms with Crippen molar-refractivity contribution >= 4 is 44.3 Å². The fourth-order valence-electron chi connectivity index (χ4n) is 2.20. The van der Waals surface area contributed by atoms with Gasteiger partial charge in [-0.15, -0.1) is 0 Å².